The van der Waals surface area contributed by atoms with E-state index in [-0.39, 0.29) is 11.7 Å². The minimum absolute atomic E-state index is 0.0596. The number of benzene rings is 1. The van der Waals surface area contributed by atoms with Crippen LogP contribution in [-0.2, 0) is 10.2 Å². The number of nitrogens with one attached hydrogen (secondary N) is 1. The van der Waals surface area contributed by atoms with Crippen molar-refractivity contribution in [1.29, 1.82) is 0 Å². The lowest BCUT2D eigenvalue weighted by Gasteiger charge is -2.45. The van der Waals surface area contributed by atoms with Gasteiger partial charge >= 0.3 is 0 Å². The van der Waals surface area contributed by atoms with Gasteiger partial charge in [0.2, 0.25) is 5.91 Å². The second-order valence-electron chi connectivity index (χ2n) is 5.37. The fourth-order valence-electron chi connectivity index (χ4n) is 2.14. The van der Waals surface area contributed by atoms with Crippen LogP contribution in [0, 0.1) is 11.2 Å². The quantitative estimate of drug-likeness (QED) is 0.716. The number of halogens is 1. The van der Waals surface area contributed by atoms with Crippen LogP contribution in [0.5, 0.6) is 0 Å². The van der Waals surface area contributed by atoms with Gasteiger partial charge in [-0.15, -0.1) is 0 Å². The number of amides is 1. The van der Waals surface area contributed by atoms with E-state index >= 15 is 0 Å². The Labute approximate surface area is 94.9 Å². The minimum Gasteiger partial charge on any atom is -0.325 e. The first-order chi connectivity index (χ1) is 7.28. The molecule has 1 N–H and O–H groups in total. The summed E-state index contributed by atoms with van der Waals surface area (Å²) in [5.41, 5.74) is 0.0481. The molecule has 0 spiro atoms. The molecule has 2 nitrogen and oxygen atoms in total. The van der Waals surface area contributed by atoms with Crippen molar-refractivity contribution in [2.75, 3.05) is 5.32 Å². The highest BCUT2D eigenvalue weighted by Crippen LogP contribution is 2.49. The third-order valence-corrected chi connectivity index (χ3v) is 4.02. The molecule has 1 heterocycles. The van der Waals surface area contributed by atoms with Gasteiger partial charge in [-0.05, 0) is 12.1 Å². The van der Waals surface area contributed by atoms with Gasteiger partial charge in [-0.1, -0.05) is 33.8 Å². The molecule has 16 heavy (non-hydrogen) atoms. The molecule has 0 bridgehead atoms. The molecule has 3 heteroatoms. The third-order valence-electron chi connectivity index (χ3n) is 4.02. The first kappa shape index (κ1) is 11.1. The maximum Gasteiger partial charge on any atom is 0.230 e. The number of anilines is 1. The van der Waals surface area contributed by atoms with Crippen LogP contribution < -0.4 is 5.32 Å². The van der Waals surface area contributed by atoms with Gasteiger partial charge in [-0.25, -0.2) is 4.39 Å². The largest absolute Gasteiger partial charge is 0.325 e. The molecule has 0 radical (unpaired) electrons. The summed E-state index contributed by atoms with van der Waals surface area (Å²) in [5, 5.41) is 2.77. The zero-order chi connectivity index (χ0) is 12.1. The van der Waals surface area contributed by atoms with E-state index in [4.69, 9.17) is 0 Å². The molecule has 0 fully saturated rings. The molecule has 2 rings (SSSR count). The van der Waals surface area contributed by atoms with Crippen molar-refractivity contribution in [1.82, 2.24) is 0 Å². The van der Waals surface area contributed by atoms with Gasteiger partial charge in [0, 0.05) is 16.7 Å². The van der Waals surface area contributed by atoms with Crippen molar-refractivity contribution < 1.29 is 9.18 Å². The lowest BCUT2D eigenvalue weighted by atomic mass is 9.61. The molecule has 1 aromatic rings. The molecule has 0 aromatic heterocycles. The number of hydrogen-bond donors (Lipinski definition) is 1. The lowest BCUT2D eigenvalue weighted by molar-refractivity contribution is -0.127. The molecule has 0 aliphatic carbocycles. The predicted molar refractivity (Wildman–Crippen MR) is 61.8 cm³/mol. The lowest BCUT2D eigenvalue weighted by Crippen LogP contribution is -2.50. The number of rotatable bonds is 0. The summed E-state index contributed by atoms with van der Waals surface area (Å²) in [6.45, 7) is 7.51. The predicted octanol–water partition coefficient (Wildman–Crippen LogP) is 3.08. The van der Waals surface area contributed by atoms with E-state index in [1.807, 2.05) is 27.7 Å². The summed E-state index contributed by atoms with van der Waals surface area (Å²) >= 11 is 0. The van der Waals surface area contributed by atoms with Gasteiger partial charge in [0.1, 0.15) is 5.82 Å². The van der Waals surface area contributed by atoms with Crippen molar-refractivity contribution in [3.63, 3.8) is 0 Å². The van der Waals surface area contributed by atoms with Crippen LogP contribution in [0.2, 0.25) is 0 Å². The Bertz CT molecular complexity index is 463. The van der Waals surface area contributed by atoms with Crippen LogP contribution in [0.3, 0.4) is 0 Å². The summed E-state index contributed by atoms with van der Waals surface area (Å²) in [5.74, 6) is -0.314. The fraction of sp³-hybridized carbons (Fsp3) is 0.462. The number of hydrogen-bond acceptors (Lipinski definition) is 1. The van der Waals surface area contributed by atoms with Crippen molar-refractivity contribution in [2.45, 2.75) is 33.1 Å². The van der Waals surface area contributed by atoms with Crippen LogP contribution in [-0.4, -0.2) is 5.91 Å². The van der Waals surface area contributed by atoms with Crippen molar-refractivity contribution >= 4 is 11.6 Å². The maximum absolute atomic E-state index is 13.9. The Hall–Kier alpha value is -1.38. The summed E-state index contributed by atoms with van der Waals surface area (Å²) in [7, 11) is 0. The van der Waals surface area contributed by atoms with Crippen LogP contribution >= 0.6 is 0 Å². The zero-order valence-electron chi connectivity index (χ0n) is 10.0. The van der Waals surface area contributed by atoms with Gasteiger partial charge in [-0.3, -0.25) is 4.79 Å². The van der Waals surface area contributed by atoms with Crippen molar-refractivity contribution in [3.05, 3.63) is 29.6 Å². The molecule has 0 unspecified atom stereocenters. The Kier molecular flexibility index (Phi) is 2.13. The average molecular weight is 221 g/mol. The number of carbonyl (C=O) groups is 1. The molecule has 1 amide bonds. The van der Waals surface area contributed by atoms with E-state index < -0.39 is 10.8 Å². The van der Waals surface area contributed by atoms with E-state index in [2.05, 4.69) is 5.32 Å². The monoisotopic (exact) mass is 221 g/mol. The molecule has 0 saturated carbocycles. The fourth-order valence-corrected chi connectivity index (χ4v) is 2.14. The highest BCUT2D eigenvalue weighted by atomic mass is 19.1. The van der Waals surface area contributed by atoms with E-state index in [9.17, 15) is 9.18 Å². The van der Waals surface area contributed by atoms with Gasteiger partial charge in [0.25, 0.3) is 0 Å². The molecule has 86 valence electrons. The van der Waals surface area contributed by atoms with Crippen molar-refractivity contribution in [2.24, 2.45) is 5.41 Å². The normalized spacial score (nSPS) is 21.2. The summed E-state index contributed by atoms with van der Waals surface area (Å²) in [6, 6.07) is 4.80. The summed E-state index contributed by atoms with van der Waals surface area (Å²) in [6.07, 6.45) is 0. The first-order valence-corrected chi connectivity index (χ1v) is 5.39. The minimum atomic E-state index is -0.623. The van der Waals surface area contributed by atoms with Crippen LogP contribution in [0.1, 0.15) is 33.3 Å². The Morgan fingerprint density at radius 3 is 2.38 bits per heavy atom. The maximum atomic E-state index is 13.9. The molecule has 1 aliphatic heterocycles. The van der Waals surface area contributed by atoms with Gasteiger partial charge in [0.15, 0.2) is 0 Å². The first-order valence-electron chi connectivity index (χ1n) is 5.39. The zero-order valence-corrected chi connectivity index (χ0v) is 10.0. The Morgan fingerprint density at radius 2 is 1.75 bits per heavy atom. The third kappa shape index (κ3) is 1.20. The van der Waals surface area contributed by atoms with Gasteiger partial charge in [-0.2, -0.15) is 0 Å². The SMILES string of the molecule is CC1(C)C(=O)Nc2cccc(F)c2C1(C)C. The Morgan fingerprint density at radius 1 is 1.12 bits per heavy atom. The second-order valence-corrected chi connectivity index (χ2v) is 5.37. The number of fused-ring (bicyclic) bond motifs is 1. The summed E-state index contributed by atoms with van der Waals surface area (Å²) in [4.78, 5) is 12.0. The van der Waals surface area contributed by atoms with E-state index in [0.29, 0.717) is 11.3 Å². The van der Waals surface area contributed by atoms with Crippen LogP contribution in [0.4, 0.5) is 10.1 Å². The second kappa shape index (κ2) is 3.06. The van der Waals surface area contributed by atoms with E-state index in [0.717, 1.165) is 0 Å². The van der Waals surface area contributed by atoms with Gasteiger partial charge < -0.3 is 5.32 Å². The van der Waals surface area contributed by atoms with Gasteiger partial charge in [0.05, 0.1) is 5.41 Å². The molecule has 0 saturated heterocycles. The average Bonchev–Trinajstić information content (AvgIpc) is 2.15. The smallest absolute Gasteiger partial charge is 0.230 e. The topological polar surface area (TPSA) is 29.1 Å². The van der Waals surface area contributed by atoms with E-state index in [1.54, 1.807) is 12.1 Å². The highest BCUT2D eigenvalue weighted by molar-refractivity contribution is 5.99. The summed E-state index contributed by atoms with van der Waals surface area (Å²) < 4.78 is 13.9. The van der Waals surface area contributed by atoms with Crippen LogP contribution in [0.15, 0.2) is 18.2 Å². The molecule has 1 aromatic carbocycles. The highest BCUT2D eigenvalue weighted by Gasteiger charge is 2.49. The molecule has 1 aliphatic rings. The number of carbonyl (C=O) groups excluding carboxylic acids is 1. The molecular weight excluding hydrogens is 205 g/mol. The molecular formula is C13H16FNO. The Balaban J connectivity index is 2.74. The standard InChI is InChI=1S/C13H16FNO/c1-12(2)10-8(14)6-5-7-9(10)15-11(16)13(12,3)4/h5-7H,1-4H3,(H,15,16). The molecule has 0 atom stereocenters. The van der Waals surface area contributed by atoms with E-state index in [1.165, 1.54) is 6.07 Å². The van der Waals surface area contributed by atoms with Crippen molar-refractivity contribution in [3.8, 4) is 0 Å². The van der Waals surface area contributed by atoms with Crippen LogP contribution in [0.25, 0.3) is 0 Å².